The van der Waals surface area contributed by atoms with Crippen molar-refractivity contribution >= 4 is 38.9 Å². The van der Waals surface area contributed by atoms with E-state index < -0.39 is 12.1 Å². The maximum Gasteiger partial charge on any atom is 0.407 e. The molecule has 0 saturated carbocycles. The lowest BCUT2D eigenvalue weighted by molar-refractivity contribution is -0.135. The third-order valence-electron chi connectivity index (χ3n) is 9.62. The second kappa shape index (κ2) is 13.6. The van der Waals surface area contributed by atoms with Crippen LogP contribution in [0, 0.1) is 5.92 Å². The fourth-order valence-corrected chi connectivity index (χ4v) is 7.58. The van der Waals surface area contributed by atoms with Crippen molar-refractivity contribution in [2.24, 2.45) is 5.92 Å². The van der Waals surface area contributed by atoms with Gasteiger partial charge in [-0.05, 0) is 71.2 Å². The smallest absolute Gasteiger partial charge is 0.407 e. The first kappa shape index (κ1) is 32.1. The van der Waals surface area contributed by atoms with Crippen LogP contribution in [-0.4, -0.2) is 67.0 Å². The Morgan fingerprint density at radius 1 is 0.812 bits per heavy atom. The number of hydrogen-bond donors (Lipinski definition) is 3. The number of H-pyrrole nitrogens is 2. The van der Waals surface area contributed by atoms with Gasteiger partial charge in [0.2, 0.25) is 5.91 Å². The topological polar surface area (TPSA) is 119 Å². The molecular formula is C37H40BrN7O3. The number of benzene rings is 3. The molecule has 0 unspecified atom stereocenters. The second-order valence-corrected chi connectivity index (χ2v) is 14.0. The van der Waals surface area contributed by atoms with Gasteiger partial charge < -0.3 is 24.9 Å². The number of nitrogens with zero attached hydrogens (tertiary/aromatic N) is 4. The van der Waals surface area contributed by atoms with Crippen molar-refractivity contribution in [3.05, 3.63) is 84.7 Å². The number of methoxy groups -OCH3 is 1. The van der Waals surface area contributed by atoms with Gasteiger partial charge in [-0.1, -0.05) is 62.4 Å². The lowest BCUT2D eigenvalue weighted by Crippen LogP contribution is -2.51. The second-order valence-electron chi connectivity index (χ2n) is 13.0. The number of fused-ring (bicyclic) bond motifs is 1. The Morgan fingerprint density at radius 2 is 1.38 bits per heavy atom. The molecule has 0 aliphatic carbocycles. The zero-order valence-corrected chi connectivity index (χ0v) is 29.0. The van der Waals surface area contributed by atoms with Crippen molar-refractivity contribution in [2.75, 3.05) is 20.2 Å². The SMILES string of the molecule is COC(=O)N[C@H](C(=O)N1CCC[C@H]1c1ncc(-c2ccc3cc(-c4ccc(-c5cnc([C@@H]6CCCN6Br)[nH]5)cc4)ccc3c2)[nH]1)C(C)C. The number of aromatic nitrogens is 4. The summed E-state index contributed by atoms with van der Waals surface area (Å²) in [7, 11) is 1.30. The summed E-state index contributed by atoms with van der Waals surface area (Å²) >= 11 is 3.65. The third kappa shape index (κ3) is 6.36. The lowest BCUT2D eigenvalue weighted by Gasteiger charge is -2.30. The Kier molecular flexibility index (Phi) is 9.07. The molecule has 2 aliphatic heterocycles. The Morgan fingerprint density at radius 3 is 2.02 bits per heavy atom. The molecule has 11 heteroatoms. The molecule has 2 saturated heterocycles. The minimum absolute atomic E-state index is 0.0831. The highest BCUT2D eigenvalue weighted by Crippen LogP contribution is 2.36. The monoisotopic (exact) mass is 709 g/mol. The van der Waals surface area contributed by atoms with Gasteiger partial charge in [0.1, 0.15) is 17.7 Å². The van der Waals surface area contributed by atoms with Gasteiger partial charge in [-0.15, -0.1) is 0 Å². The third-order valence-corrected chi connectivity index (χ3v) is 10.5. The summed E-state index contributed by atoms with van der Waals surface area (Å²) in [5.74, 6) is 1.56. The number of carbonyl (C=O) groups excluding carboxylic acids is 2. The Labute approximate surface area is 288 Å². The first-order valence-electron chi connectivity index (χ1n) is 16.6. The summed E-state index contributed by atoms with van der Waals surface area (Å²) in [6.07, 6.45) is 7.11. The van der Waals surface area contributed by atoms with Gasteiger partial charge in [-0.3, -0.25) is 4.79 Å². The molecule has 3 atom stereocenters. The van der Waals surface area contributed by atoms with Crippen molar-refractivity contribution in [2.45, 2.75) is 57.7 Å². The Bertz CT molecular complexity index is 1930. The van der Waals surface area contributed by atoms with E-state index in [1.807, 2.05) is 31.1 Å². The van der Waals surface area contributed by atoms with Gasteiger partial charge in [0.15, 0.2) is 0 Å². The molecule has 2 aliphatic rings. The fourth-order valence-electron chi connectivity index (χ4n) is 6.93. The quantitative estimate of drug-likeness (QED) is 0.142. The molecule has 3 N–H and O–H groups in total. The van der Waals surface area contributed by atoms with Crippen LogP contribution in [0.5, 0.6) is 0 Å². The van der Waals surface area contributed by atoms with Crippen LogP contribution >= 0.6 is 16.1 Å². The van der Waals surface area contributed by atoms with Crippen LogP contribution in [0.25, 0.3) is 44.4 Å². The van der Waals surface area contributed by atoms with Crippen LogP contribution in [0.3, 0.4) is 0 Å². The molecule has 0 radical (unpaired) electrons. The number of amides is 2. The van der Waals surface area contributed by atoms with Crippen LogP contribution in [0.15, 0.2) is 73.1 Å². The van der Waals surface area contributed by atoms with E-state index in [2.05, 4.69) is 101 Å². The highest BCUT2D eigenvalue weighted by Gasteiger charge is 2.37. The number of likely N-dealkylation sites (tertiary alicyclic amines) is 1. The first-order chi connectivity index (χ1) is 23.3. The van der Waals surface area contributed by atoms with E-state index in [0.717, 1.165) is 81.9 Å². The van der Waals surface area contributed by atoms with Crippen molar-refractivity contribution < 1.29 is 14.3 Å². The van der Waals surface area contributed by atoms with Crippen molar-refractivity contribution in [1.82, 2.24) is 34.1 Å². The zero-order valence-electron chi connectivity index (χ0n) is 27.4. The molecule has 10 nitrogen and oxygen atoms in total. The number of imidazole rings is 2. The van der Waals surface area contributed by atoms with E-state index in [9.17, 15) is 9.59 Å². The fraction of sp³-hybridized carbons (Fsp3) is 0.351. The molecular weight excluding hydrogens is 670 g/mol. The normalized spacial score (nSPS) is 18.9. The minimum atomic E-state index is -0.664. The van der Waals surface area contributed by atoms with Gasteiger partial charge >= 0.3 is 6.09 Å². The molecule has 0 spiro atoms. The molecule has 5 aromatic rings. The lowest BCUT2D eigenvalue weighted by atomic mass is 9.98. The number of hydrogen-bond acceptors (Lipinski definition) is 6. The van der Waals surface area contributed by atoms with Crippen molar-refractivity contribution in [3.63, 3.8) is 0 Å². The summed E-state index contributed by atoms with van der Waals surface area (Å²) in [4.78, 5) is 43.6. The Hall–Kier alpha value is -4.48. The number of rotatable bonds is 8. The molecule has 48 heavy (non-hydrogen) atoms. The predicted molar refractivity (Wildman–Crippen MR) is 190 cm³/mol. The van der Waals surface area contributed by atoms with Gasteiger partial charge in [0, 0.05) is 34.8 Å². The molecule has 2 fully saturated rings. The van der Waals surface area contributed by atoms with E-state index >= 15 is 0 Å². The molecule has 0 bridgehead atoms. The molecule has 2 aromatic heterocycles. The largest absolute Gasteiger partial charge is 0.453 e. The maximum absolute atomic E-state index is 13.5. The first-order valence-corrected chi connectivity index (χ1v) is 17.3. The standard InChI is InChI=1S/C37H40BrN7O3/c1-22(2)33(43-37(47)48-3)36(46)44-16-4-6-31(44)34-39-21-30(42-34)28-15-14-26-18-25(12-13-27(26)19-28)23-8-10-24(11-9-23)29-20-40-35(41-29)32-7-5-17-45(32)38/h8-15,18-22,31-33H,4-7,16-17H2,1-3H3,(H,39,42)(H,40,41)(H,43,47)/t31-,32-,33-/m0/s1. The summed E-state index contributed by atoms with van der Waals surface area (Å²) in [5.41, 5.74) is 6.38. The van der Waals surface area contributed by atoms with Crippen molar-refractivity contribution in [1.29, 1.82) is 0 Å². The van der Waals surface area contributed by atoms with Crippen LogP contribution in [0.2, 0.25) is 0 Å². The van der Waals surface area contributed by atoms with Crippen molar-refractivity contribution in [3.8, 4) is 33.6 Å². The van der Waals surface area contributed by atoms with Crippen LogP contribution in [-0.2, 0) is 9.53 Å². The summed E-state index contributed by atoms with van der Waals surface area (Å²) in [6, 6.07) is 21.0. The summed E-state index contributed by atoms with van der Waals surface area (Å²) in [5, 5.41) is 4.99. The van der Waals surface area contributed by atoms with Crippen LogP contribution < -0.4 is 5.32 Å². The van der Waals surface area contributed by atoms with E-state index in [1.165, 1.54) is 13.5 Å². The molecule has 4 heterocycles. The molecule has 248 valence electrons. The molecule has 2 amide bonds. The summed E-state index contributed by atoms with van der Waals surface area (Å²) in [6.45, 7) is 5.49. The van der Waals surface area contributed by atoms with E-state index in [-0.39, 0.29) is 17.9 Å². The van der Waals surface area contributed by atoms with Gasteiger partial charge in [0.05, 0.1) is 43.0 Å². The van der Waals surface area contributed by atoms with E-state index in [1.54, 1.807) is 0 Å². The number of alkyl carbamates (subject to hydrolysis) is 1. The highest BCUT2D eigenvalue weighted by molar-refractivity contribution is 9.07. The number of nitrogens with one attached hydrogen (secondary N) is 3. The number of halogens is 1. The highest BCUT2D eigenvalue weighted by atomic mass is 79.9. The van der Waals surface area contributed by atoms with Crippen LogP contribution in [0.4, 0.5) is 4.79 Å². The van der Waals surface area contributed by atoms with Gasteiger partial charge in [0.25, 0.3) is 0 Å². The van der Waals surface area contributed by atoms with Gasteiger partial charge in [-0.25, -0.2) is 18.7 Å². The maximum atomic E-state index is 13.5. The Balaban J connectivity index is 1.06. The van der Waals surface area contributed by atoms with E-state index in [0.29, 0.717) is 12.6 Å². The molecule has 7 rings (SSSR count). The number of aromatic amines is 2. The van der Waals surface area contributed by atoms with Crippen LogP contribution in [0.1, 0.15) is 63.3 Å². The summed E-state index contributed by atoms with van der Waals surface area (Å²) < 4.78 is 6.94. The number of ether oxygens (including phenoxy) is 1. The average Bonchev–Trinajstić information content (AvgIpc) is 3.93. The minimum Gasteiger partial charge on any atom is -0.453 e. The van der Waals surface area contributed by atoms with E-state index in [4.69, 9.17) is 9.72 Å². The predicted octanol–water partition coefficient (Wildman–Crippen LogP) is 7.78. The molecule has 3 aromatic carbocycles. The average molecular weight is 711 g/mol. The zero-order chi connectivity index (χ0) is 33.4. The van der Waals surface area contributed by atoms with Gasteiger partial charge in [-0.2, -0.15) is 0 Å². The number of carbonyl (C=O) groups is 2.